The van der Waals surface area contributed by atoms with Gasteiger partial charge in [0.05, 0.1) is 11.9 Å². The zero-order valence-corrected chi connectivity index (χ0v) is 16.9. The highest BCUT2D eigenvalue weighted by atomic mass is 16.4. The van der Waals surface area contributed by atoms with E-state index in [2.05, 4.69) is 6.58 Å². The number of hydrogen-bond donors (Lipinski definition) is 4. The van der Waals surface area contributed by atoms with Gasteiger partial charge in [0.1, 0.15) is 64.7 Å². The Morgan fingerprint density at radius 3 is 1.97 bits per heavy atom. The van der Waals surface area contributed by atoms with Gasteiger partial charge in [0, 0.05) is 5.56 Å². The highest BCUT2D eigenvalue weighted by molar-refractivity contribution is 5.65. The summed E-state index contributed by atoms with van der Waals surface area (Å²) in [5, 5.41) is 32.4. The van der Waals surface area contributed by atoms with Gasteiger partial charge in [0.25, 0.3) is 0 Å². The third-order valence-corrected chi connectivity index (χ3v) is 5.51. The number of aryl methyl sites for hydroxylation is 1. The molecule has 0 spiro atoms. The molecule has 0 bridgehead atoms. The van der Waals surface area contributed by atoms with Gasteiger partial charge in [-0.2, -0.15) is 0 Å². The Morgan fingerprint density at radius 2 is 1.48 bits per heavy atom. The summed E-state index contributed by atoms with van der Waals surface area (Å²) in [5.41, 5.74) is 1.98. The van der Waals surface area contributed by atoms with Crippen molar-refractivity contribution in [2.24, 2.45) is 0 Å². The first-order valence-corrected chi connectivity index (χ1v) is 10.2. The number of allylic oxidation sites excluding steroid dienone is 1. The summed E-state index contributed by atoms with van der Waals surface area (Å²) in [7, 11) is 0. The molecule has 1 fully saturated rings. The lowest BCUT2D eigenvalue weighted by atomic mass is 10.0. The first-order valence-electron chi connectivity index (χ1n) is 10.2. The summed E-state index contributed by atoms with van der Waals surface area (Å²) in [6, 6.07) is 5.63. The van der Waals surface area contributed by atoms with Crippen molar-refractivity contribution in [3.63, 3.8) is 0 Å². The number of nitrogens with one attached hydrogen (secondary N) is 3. The Labute approximate surface area is 171 Å². The van der Waals surface area contributed by atoms with Crippen LogP contribution in [0, 0.1) is 0 Å². The summed E-state index contributed by atoms with van der Waals surface area (Å²) < 4.78 is 0. The molecular formula is C21H32N3O5+. The van der Waals surface area contributed by atoms with Crippen molar-refractivity contribution in [2.45, 2.75) is 19.4 Å². The molecule has 1 heterocycles. The van der Waals surface area contributed by atoms with Crippen molar-refractivity contribution in [3.8, 4) is 5.75 Å². The largest absolute Gasteiger partial charge is 0.544 e. The number of carboxylic acids is 2. The molecule has 1 aromatic carbocycles. The Bertz CT molecular complexity index is 682. The monoisotopic (exact) mass is 406 g/mol. The third-order valence-electron chi connectivity index (χ3n) is 5.51. The Morgan fingerprint density at radius 1 is 0.966 bits per heavy atom. The number of aromatic hydroxyl groups is 1. The molecule has 0 amide bonds. The maximum atomic E-state index is 11.1. The van der Waals surface area contributed by atoms with Crippen LogP contribution in [-0.2, 0) is 22.6 Å². The molecule has 2 rings (SSSR count). The molecule has 1 aromatic rings. The molecule has 1 saturated heterocycles. The van der Waals surface area contributed by atoms with E-state index in [1.165, 1.54) is 4.90 Å². The minimum atomic E-state index is -1.10. The second kappa shape index (κ2) is 11.5. The number of phenolic OH excluding ortho intramolecular Hbond substituents is 1. The molecule has 0 aliphatic carbocycles. The van der Waals surface area contributed by atoms with Crippen LogP contribution in [0.5, 0.6) is 5.75 Å². The van der Waals surface area contributed by atoms with Gasteiger partial charge in [-0.3, -0.25) is 0 Å². The molecule has 0 aromatic heterocycles. The number of hydrogen-bond acceptors (Lipinski definition) is 5. The van der Waals surface area contributed by atoms with Crippen LogP contribution in [0.2, 0.25) is 0 Å². The fourth-order valence-electron chi connectivity index (χ4n) is 3.85. The standard InChI is InChI=1S/C21H31N3O5/c1-2-3-4-17-5-6-19(25)18(13-17)14-22-7-9-23(15-20(26)27)11-12-24(10-8-22)16-21(28)29/h2,5-6,13,25H,1,3-4,7-12,14-16H2,(H,26,27)(H,28,29)/p+1. The molecule has 160 valence electrons. The van der Waals surface area contributed by atoms with E-state index in [-0.39, 0.29) is 18.8 Å². The number of aliphatic carboxylic acids is 2. The van der Waals surface area contributed by atoms with Gasteiger partial charge < -0.3 is 39.6 Å². The van der Waals surface area contributed by atoms with E-state index < -0.39 is 11.9 Å². The van der Waals surface area contributed by atoms with Gasteiger partial charge in [-0.05, 0) is 30.5 Å². The molecule has 2 atom stereocenters. The smallest absolute Gasteiger partial charge is 0.127 e. The van der Waals surface area contributed by atoms with Crippen molar-refractivity contribution in [1.82, 2.24) is 0 Å². The Hall–Kier alpha value is -2.42. The van der Waals surface area contributed by atoms with E-state index in [0.29, 0.717) is 32.7 Å². The second-order valence-corrected chi connectivity index (χ2v) is 7.81. The number of phenols is 1. The Balaban J connectivity index is 2.11. The van der Waals surface area contributed by atoms with E-state index in [1.54, 1.807) is 6.07 Å². The first-order chi connectivity index (χ1) is 13.9. The number of quaternary nitrogens is 3. The van der Waals surface area contributed by atoms with Crippen molar-refractivity contribution in [3.05, 3.63) is 42.0 Å². The highest BCUT2D eigenvalue weighted by Gasteiger charge is 2.23. The number of rotatable bonds is 9. The van der Waals surface area contributed by atoms with Gasteiger partial charge >= 0.3 is 0 Å². The van der Waals surface area contributed by atoms with Gasteiger partial charge in [0.2, 0.25) is 0 Å². The Kier molecular flexibility index (Phi) is 9.11. The van der Waals surface area contributed by atoms with Crippen molar-refractivity contribution in [1.29, 1.82) is 0 Å². The van der Waals surface area contributed by atoms with Crippen LogP contribution >= 0.6 is 0 Å². The molecule has 1 aliphatic heterocycles. The van der Waals surface area contributed by atoms with Crippen LogP contribution in [0.25, 0.3) is 0 Å². The SMILES string of the molecule is C=CCCc1ccc(O)c(C[NH+]2CC[NH+](CC(=O)[O-])CC[NH+](CC(=O)[O-])CC2)c1. The van der Waals surface area contributed by atoms with Crippen molar-refractivity contribution in [2.75, 3.05) is 52.4 Å². The summed E-state index contributed by atoms with van der Waals surface area (Å²) >= 11 is 0. The van der Waals surface area contributed by atoms with Crippen molar-refractivity contribution >= 4 is 11.9 Å². The number of carbonyl (C=O) groups is 2. The van der Waals surface area contributed by atoms with Crippen LogP contribution in [0.15, 0.2) is 30.9 Å². The van der Waals surface area contributed by atoms with Crippen LogP contribution in [0.3, 0.4) is 0 Å². The predicted molar refractivity (Wildman–Crippen MR) is 102 cm³/mol. The van der Waals surface area contributed by atoms with Crippen LogP contribution in [0.4, 0.5) is 0 Å². The van der Waals surface area contributed by atoms with E-state index in [4.69, 9.17) is 0 Å². The molecule has 29 heavy (non-hydrogen) atoms. The van der Waals surface area contributed by atoms with Crippen LogP contribution in [-0.4, -0.2) is 69.4 Å². The normalized spacial score (nSPS) is 22.8. The lowest BCUT2D eigenvalue weighted by Gasteiger charge is -2.22. The third kappa shape index (κ3) is 8.23. The maximum Gasteiger partial charge on any atom is 0.127 e. The maximum absolute atomic E-state index is 11.1. The average molecular weight is 407 g/mol. The van der Waals surface area contributed by atoms with Crippen LogP contribution in [0.1, 0.15) is 17.5 Å². The van der Waals surface area contributed by atoms with Gasteiger partial charge in [-0.15, -0.1) is 6.58 Å². The molecule has 1 aliphatic rings. The number of carbonyl (C=O) groups excluding carboxylic acids is 2. The zero-order valence-electron chi connectivity index (χ0n) is 16.9. The van der Waals surface area contributed by atoms with E-state index in [0.717, 1.165) is 46.9 Å². The predicted octanol–water partition coefficient (Wildman–Crippen LogP) is -5.82. The van der Waals surface area contributed by atoms with Gasteiger partial charge in [-0.1, -0.05) is 12.1 Å². The topological polar surface area (TPSA) is 114 Å². The molecule has 4 N–H and O–H groups in total. The number of benzene rings is 1. The van der Waals surface area contributed by atoms with E-state index in [1.807, 2.05) is 18.2 Å². The molecule has 8 heteroatoms. The van der Waals surface area contributed by atoms with Crippen molar-refractivity contribution < 1.29 is 39.6 Å². The minimum absolute atomic E-state index is 0.0891. The molecule has 0 saturated carbocycles. The van der Waals surface area contributed by atoms with E-state index >= 15 is 0 Å². The molecule has 8 nitrogen and oxygen atoms in total. The summed E-state index contributed by atoms with van der Waals surface area (Å²) in [5.74, 6) is -1.96. The number of carboxylic acid groups (broad SMARTS) is 2. The lowest BCUT2D eigenvalue weighted by molar-refractivity contribution is -0.962. The summed E-state index contributed by atoms with van der Waals surface area (Å²) in [6.07, 6.45) is 3.59. The fourth-order valence-corrected chi connectivity index (χ4v) is 3.85. The summed E-state index contributed by atoms with van der Waals surface area (Å²) in [4.78, 5) is 25.1. The minimum Gasteiger partial charge on any atom is -0.544 e. The first kappa shape index (κ1) is 22.9. The molecule has 0 radical (unpaired) electrons. The quantitative estimate of drug-likeness (QED) is 0.305. The summed E-state index contributed by atoms with van der Waals surface area (Å²) in [6.45, 7) is 8.09. The van der Waals surface area contributed by atoms with Gasteiger partial charge in [-0.25, -0.2) is 0 Å². The van der Waals surface area contributed by atoms with Crippen LogP contribution < -0.4 is 24.9 Å². The fraction of sp³-hybridized carbons (Fsp3) is 0.524. The molecular weight excluding hydrogens is 374 g/mol. The highest BCUT2D eigenvalue weighted by Crippen LogP contribution is 2.18. The molecule has 2 unspecified atom stereocenters. The average Bonchev–Trinajstić information content (AvgIpc) is 2.74. The second-order valence-electron chi connectivity index (χ2n) is 7.81. The zero-order chi connectivity index (χ0) is 21.2. The van der Waals surface area contributed by atoms with E-state index in [9.17, 15) is 24.9 Å². The van der Waals surface area contributed by atoms with Gasteiger partial charge in [0.15, 0.2) is 0 Å². The lowest BCUT2D eigenvalue weighted by Crippen LogP contribution is -3.21.